The Morgan fingerprint density at radius 1 is 1.43 bits per heavy atom. The first-order valence-electron chi connectivity index (χ1n) is 7.14. The molecule has 0 saturated carbocycles. The number of ether oxygens (including phenoxy) is 1. The van der Waals surface area contributed by atoms with Crippen molar-refractivity contribution in [2.45, 2.75) is 31.0 Å². The monoisotopic (exact) mass is 348 g/mol. The van der Waals surface area contributed by atoms with Gasteiger partial charge in [0.25, 0.3) is 5.56 Å². The van der Waals surface area contributed by atoms with E-state index in [2.05, 4.69) is 4.98 Å². The summed E-state index contributed by atoms with van der Waals surface area (Å²) in [6.07, 6.45) is -2.36. The highest BCUT2D eigenvalue weighted by Crippen LogP contribution is 2.27. The molecule has 4 atom stereocenters. The number of nitrogens with one attached hydrogen (secondary N) is 1. The van der Waals surface area contributed by atoms with Crippen LogP contribution in [-0.4, -0.2) is 66.9 Å². The first-order valence-corrected chi connectivity index (χ1v) is 8.29. The summed E-state index contributed by atoms with van der Waals surface area (Å²) in [5.41, 5.74) is -1.41. The molecule has 1 saturated heterocycles. The fraction of sp³-hybridized carbons (Fsp3) is 0.692. The van der Waals surface area contributed by atoms with Crippen LogP contribution in [0.5, 0.6) is 0 Å². The van der Waals surface area contributed by atoms with Gasteiger partial charge in [-0.15, -0.1) is 0 Å². The van der Waals surface area contributed by atoms with Crippen LogP contribution in [0.4, 0.5) is 0 Å². The topological polar surface area (TPSA) is 145 Å². The summed E-state index contributed by atoms with van der Waals surface area (Å²) in [4.78, 5) is 25.9. The summed E-state index contributed by atoms with van der Waals surface area (Å²) in [5.74, 6) is 0.611. The van der Waals surface area contributed by atoms with Crippen LogP contribution in [0.15, 0.2) is 15.8 Å². The zero-order valence-electron chi connectivity index (χ0n) is 12.3. The number of aliphatic hydroxyl groups is 4. The van der Waals surface area contributed by atoms with Crippen LogP contribution < -0.4 is 11.2 Å². The van der Waals surface area contributed by atoms with Crippen molar-refractivity contribution in [3.63, 3.8) is 0 Å². The predicted octanol–water partition coefficient (Wildman–Crippen LogP) is -2.06. The number of hydrogen-bond donors (Lipinski definition) is 5. The summed E-state index contributed by atoms with van der Waals surface area (Å²) in [6.45, 7) is -0.424. The van der Waals surface area contributed by atoms with Gasteiger partial charge in [-0.2, -0.15) is 11.8 Å². The van der Waals surface area contributed by atoms with E-state index in [1.807, 2.05) is 0 Å². The highest BCUT2D eigenvalue weighted by molar-refractivity contribution is 7.99. The normalized spacial score (nSPS) is 25.7. The predicted molar refractivity (Wildman–Crippen MR) is 82.3 cm³/mol. The lowest BCUT2D eigenvalue weighted by Gasteiger charge is -2.17. The third-order valence-electron chi connectivity index (χ3n) is 3.56. The minimum absolute atomic E-state index is 0.000535. The lowest BCUT2D eigenvalue weighted by atomic mass is 10.2. The fourth-order valence-corrected chi connectivity index (χ4v) is 3.05. The number of aromatic nitrogens is 2. The second kappa shape index (κ2) is 8.08. The van der Waals surface area contributed by atoms with Crippen molar-refractivity contribution in [2.75, 3.05) is 24.7 Å². The van der Waals surface area contributed by atoms with Crippen LogP contribution in [0.2, 0.25) is 0 Å². The molecule has 5 N–H and O–H groups in total. The van der Waals surface area contributed by atoms with Gasteiger partial charge in [-0.3, -0.25) is 14.3 Å². The van der Waals surface area contributed by atoms with Crippen LogP contribution in [-0.2, 0) is 4.74 Å². The Kier molecular flexibility index (Phi) is 6.39. The van der Waals surface area contributed by atoms with Crippen molar-refractivity contribution >= 4 is 11.8 Å². The van der Waals surface area contributed by atoms with E-state index in [1.165, 1.54) is 18.0 Å². The molecule has 2 rings (SSSR count). The Morgan fingerprint density at radius 3 is 2.78 bits per heavy atom. The quantitative estimate of drug-likeness (QED) is 0.354. The number of hydrogen-bond acceptors (Lipinski definition) is 8. The molecule has 10 heteroatoms. The standard InChI is InChI=1S/C13H20N2O7S/c16-1-2-23-6-9(19)7-4-15(13(21)14-12(7)20)11-3-8(18)10(5-17)22-11/h4,8-11,16-19H,1-3,5-6H2,(H,14,20,21)/t8-,9?,10+,11-/m0/s1. The number of nitrogens with zero attached hydrogens (tertiary/aromatic N) is 1. The smallest absolute Gasteiger partial charge is 0.330 e. The Balaban J connectivity index is 2.23. The minimum Gasteiger partial charge on any atom is -0.396 e. The van der Waals surface area contributed by atoms with Crippen molar-refractivity contribution in [2.24, 2.45) is 0 Å². The largest absolute Gasteiger partial charge is 0.396 e. The van der Waals surface area contributed by atoms with Gasteiger partial charge >= 0.3 is 5.69 Å². The summed E-state index contributed by atoms with van der Waals surface area (Å²) in [7, 11) is 0. The number of rotatable bonds is 7. The van der Waals surface area contributed by atoms with Crippen molar-refractivity contribution in [3.05, 3.63) is 32.6 Å². The molecule has 0 spiro atoms. The molecule has 1 unspecified atom stereocenters. The first-order chi connectivity index (χ1) is 11.0. The van der Waals surface area contributed by atoms with Gasteiger partial charge in [-0.05, 0) is 0 Å². The summed E-state index contributed by atoms with van der Waals surface area (Å²) in [5, 5.41) is 37.6. The van der Waals surface area contributed by atoms with E-state index in [9.17, 15) is 19.8 Å². The van der Waals surface area contributed by atoms with Gasteiger partial charge in [0, 0.05) is 24.1 Å². The van der Waals surface area contributed by atoms with Gasteiger partial charge in [0.2, 0.25) is 0 Å². The summed E-state index contributed by atoms with van der Waals surface area (Å²) in [6, 6.07) is 0. The first kappa shape index (κ1) is 18.2. The second-order valence-electron chi connectivity index (χ2n) is 5.18. The molecule has 130 valence electrons. The molecule has 1 aromatic rings. The van der Waals surface area contributed by atoms with E-state index in [1.54, 1.807) is 0 Å². The van der Waals surface area contributed by atoms with Gasteiger partial charge in [0.1, 0.15) is 12.3 Å². The average Bonchev–Trinajstić information content (AvgIpc) is 2.88. The van der Waals surface area contributed by atoms with E-state index in [0.29, 0.717) is 5.75 Å². The molecule has 0 aliphatic carbocycles. The molecule has 1 aromatic heterocycles. The molecule has 1 aliphatic heterocycles. The van der Waals surface area contributed by atoms with Crippen molar-refractivity contribution in [1.29, 1.82) is 0 Å². The molecule has 0 aromatic carbocycles. The lowest BCUT2D eigenvalue weighted by Crippen LogP contribution is -2.35. The van der Waals surface area contributed by atoms with E-state index in [4.69, 9.17) is 14.9 Å². The molecular weight excluding hydrogens is 328 g/mol. The molecule has 1 fully saturated rings. The molecular formula is C13H20N2O7S. The molecule has 0 radical (unpaired) electrons. The highest BCUT2D eigenvalue weighted by Gasteiger charge is 2.35. The molecule has 9 nitrogen and oxygen atoms in total. The lowest BCUT2D eigenvalue weighted by molar-refractivity contribution is -0.0461. The third-order valence-corrected chi connectivity index (χ3v) is 4.58. The SMILES string of the molecule is O=c1[nH]c(=O)n([C@@H]2C[C@H](O)[C@@H](CO)O2)cc1C(O)CSCCO. The molecule has 23 heavy (non-hydrogen) atoms. The average molecular weight is 348 g/mol. The third kappa shape index (κ3) is 4.22. The number of thioether (sulfide) groups is 1. The van der Waals surface area contributed by atoms with E-state index in [-0.39, 0.29) is 31.0 Å². The number of H-pyrrole nitrogens is 1. The van der Waals surface area contributed by atoms with E-state index < -0.39 is 35.8 Å². The van der Waals surface area contributed by atoms with Crippen molar-refractivity contribution in [1.82, 2.24) is 9.55 Å². The van der Waals surface area contributed by atoms with Crippen molar-refractivity contribution in [3.8, 4) is 0 Å². The van der Waals surface area contributed by atoms with Crippen LogP contribution in [0.1, 0.15) is 24.3 Å². The maximum Gasteiger partial charge on any atom is 0.330 e. The van der Waals surface area contributed by atoms with Gasteiger partial charge < -0.3 is 25.2 Å². The van der Waals surface area contributed by atoms with Crippen LogP contribution in [0.3, 0.4) is 0 Å². The Morgan fingerprint density at radius 2 is 2.17 bits per heavy atom. The fourth-order valence-electron chi connectivity index (χ4n) is 2.35. The van der Waals surface area contributed by atoms with Crippen LogP contribution in [0.25, 0.3) is 0 Å². The number of aromatic amines is 1. The highest BCUT2D eigenvalue weighted by atomic mass is 32.2. The Bertz CT molecular complexity index is 631. The zero-order chi connectivity index (χ0) is 17.0. The molecule has 2 heterocycles. The minimum atomic E-state index is -1.11. The van der Waals surface area contributed by atoms with E-state index >= 15 is 0 Å². The Labute approximate surface area is 135 Å². The van der Waals surface area contributed by atoms with Crippen LogP contribution >= 0.6 is 11.8 Å². The van der Waals surface area contributed by atoms with Gasteiger partial charge in [-0.1, -0.05) is 0 Å². The van der Waals surface area contributed by atoms with Gasteiger partial charge in [0.15, 0.2) is 0 Å². The molecule has 0 bridgehead atoms. The summed E-state index contributed by atoms with van der Waals surface area (Å²) < 4.78 is 6.48. The van der Waals surface area contributed by atoms with Crippen molar-refractivity contribution < 1.29 is 25.2 Å². The zero-order valence-corrected chi connectivity index (χ0v) is 13.1. The van der Waals surface area contributed by atoms with Gasteiger partial charge in [0.05, 0.1) is 31.0 Å². The second-order valence-corrected chi connectivity index (χ2v) is 6.33. The molecule has 0 amide bonds. The number of aliphatic hydroxyl groups excluding tert-OH is 4. The Hall–Kier alpha value is -1.17. The van der Waals surface area contributed by atoms with Crippen LogP contribution in [0, 0.1) is 0 Å². The molecule has 1 aliphatic rings. The maximum absolute atomic E-state index is 11.9. The van der Waals surface area contributed by atoms with Gasteiger partial charge in [-0.25, -0.2) is 4.79 Å². The maximum atomic E-state index is 11.9. The summed E-state index contributed by atoms with van der Waals surface area (Å²) >= 11 is 1.27. The van der Waals surface area contributed by atoms with E-state index in [0.717, 1.165) is 4.57 Å².